The number of piperidine rings is 1. The maximum absolute atomic E-state index is 10.3. The molecule has 0 aromatic carbocycles. The Morgan fingerprint density at radius 3 is 2.67 bits per heavy atom. The zero-order chi connectivity index (χ0) is 13.0. The predicted molar refractivity (Wildman–Crippen MR) is 79.2 cm³/mol. The van der Waals surface area contributed by atoms with Crippen LogP contribution in [-0.2, 0) is 0 Å². The van der Waals surface area contributed by atoms with Crippen LogP contribution < -0.4 is 5.32 Å². The van der Waals surface area contributed by atoms with Crippen LogP contribution in [0, 0.1) is 5.92 Å². The van der Waals surface area contributed by atoms with Crippen LogP contribution in [0.15, 0.2) is 0 Å². The second-order valence-corrected chi connectivity index (χ2v) is 7.48. The lowest BCUT2D eigenvalue weighted by molar-refractivity contribution is 0.0602. The van der Waals surface area contributed by atoms with Gasteiger partial charge in [-0.05, 0) is 44.0 Å². The smallest absolute Gasteiger partial charge is 0.0869 e. The minimum absolute atomic E-state index is 0.431. The molecule has 2 N–H and O–H groups in total. The molecule has 4 heteroatoms. The number of rotatable bonds is 5. The van der Waals surface area contributed by atoms with Crippen LogP contribution in [0.4, 0.5) is 0 Å². The first-order chi connectivity index (χ1) is 8.57. The van der Waals surface area contributed by atoms with Gasteiger partial charge >= 0.3 is 0 Å². The van der Waals surface area contributed by atoms with Crippen molar-refractivity contribution in [3.8, 4) is 0 Å². The molecule has 2 rings (SSSR count). The molecule has 2 aliphatic rings. The maximum atomic E-state index is 10.3. The minimum Gasteiger partial charge on any atom is -0.388 e. The van der Waals surface area contributed by atoms with Gasteiger partial charge in [-0.25, -0.2) is 0 Å². The van der Waals surface area contributed by atoms with Crippen LogP contribution in [0.1, 0.15) is 33.1 Å². The molecule has 1 unspecified atom stereocenters. The highest BCUT2D eigenvalue weighted by Crippen LogP contribution is 2.27. The summed E-state index contributed by atoms with van der Waals surface area (Å²) in [5, 5.41) is 13.9. The maximum Gasteiger partial charge on any atom is 0.0869 e. The lowest BCUT2D eigenvalue weighted by Crippen LogP contribution is -2.49. The van der Waals surface area contributed by atoms with Crippen molar-refractivity contribution in [2.75, 3.05) is 37.7 Å². The van der Waals surface area contributed by atoms with E-state index in [1.165, 1.54) is 32.5 Å². The first-order valence-corrected chi connectivity index (χ1v) is 8.49. The number of thioether (sulfide) groups is 1. The van der Waals surface area contributed by atoms with E-state index in [-0.39, 0.29) is 0 Å². The van der Waals surface area contributed by atoms with Crippen molar-refractivity contribution in [3.63, 3.8) is 0 Å². The average molecular weight is 272 g/mol. The Balaban J connectivity index is 1.64. The van der Waals surface area contributed by atoms with Gasteiger partial charge in [0.1, 0.15) is 0 Å². The Morgan fingerprint density at radius 1 is 1.39 bits per heavy atom. The van der Waals surface area contributed by atoms with Crippen LogP contribution in [0.5, 0.6) is 0 Å². The van der Waals surface area contributed by atoms with E-state index in [1.54, 1.807) is 0 Å². The van der Waals surface area contributed by atoms with Crippen molar-refractivity contribution < 1.29 is 5.11 Å². The van der Waals surface area contributed by atoms with Crippen molar-refractivity contribution in [2.24, 2.45) is 5.92 Å². The van der Waals surface area contributed by atoms with Crippen molar-refractivity contribution in [2.45, 2.75) is 44.8 Å². The van der Waals surface area contributed by atoms with Crippen LogP contribution in [0.2, 0.25) is 0 Å². The Hall–Kier alpha value is 0.230. The molecule has 2 aliphatic heterocycles. The standard InChI is InChI=1S/C14H28N2OS/c1-12(2)9-16-6-3-13(4-7-16)15-10-14(17)5-8-18-11-14/h12-13,15,17H,3-11H2,1-2H3. The van der Waals surface area contributed by atoms with Crippen molar-refractivity contribution in [3.05, 3.63) is 0 Å². The van der Waals surface area contributed by atoms with Gasteiger partial charge < -0.3 is 15.3 Å². The molecule has 2 heterocycles. The quantitative estimate of drug-likeness (QED) is 0.796. The van der Waals surface area contributed by atoms with Gasteiger partial charge in [-0.15, -0.1) is 0 Å². The first-order valence-electron chi connectivity index (χ1n) is 7.33. The van der Waals surface area contributed by atoms with Crippen molar-refractivity contribution in [1.29, 1.82) is 0 Å². The van der Waals surface area contributed by atoms with E-state index in [0.29, 0.717) is 6.04 Å². The molecule has 0 radical (unpaired) electrons. The molecule has 18 heavy (non-hydrogen) atoms. The SMILES string of the molecule is CC(C)CN1CCC(NCC2(O)CCSC2)CC1. The van der Waals surface area contributed by atoms with Crippen molar-refractivity contribution in [1.82, 2.24) is 10.2 Å². The Kier molecular flexibility index (Phi) is 5.36. The van der Waals surface area contributed by atoms with E-state index >= 15 is 0 Å². The van der Waals surface area contributed by atoms with Gasteiger partial charge in [-0.2, -0.15) is 11.8 Å². The van der Waals surface area contributed by atoms with E-state index in [4.69, 9.17) is 0 Å². The van der Waals surface area contributed by atoms with E-state index < -0.39 is 5.60 Å². The average Bonchev–Trinajstić information content (AvgIpc) is 2.75. The zero-order valence-electron chi connectivity index (χ0n) is 11.8. The fraction of sp³-hybridized carbons (Fsp3) is 1.00. The van der Waals surface area contributed by atoms with E-state index in [9.17, 15) is 5.11 Å². The number of aliphatic hydroxyl groups is 1. The van der Waals surface area contributed by atoms with Gasteiger partial charge in [0.25, 0.3) is 0 Å². The third-order valence-corrected chi connectivity index (χ3v) is 5.25. The molecular formula is C14H28N2OS. The number of hydrogen-bond acceptors (Lipinski definition) is 4. The molecule has 106 valence electrons. The summed E-state index contributed by atoms with van der Waals surface area (Å²) in [5.41, 5.74) is -0.431. The van der Waals surface area contributed by atoms with E-state index in [1.807, 2.05) is 11.8 Å². The van der Waals surface area contributed by atoms with Gasteiger partial charge in [0.05, 0.1) is 5.60 Å². The molecule has 0 saturated carbocycles. The molecule has 1 atom stereocenters. The third kappa shape index (κ3) is 4.41. The molecule has 3 nitrogen and oxygen atoms in total. The second-order valence-electron chi connectivity index (χ2n) is 6.38. The largest absolute Gasteiger partial charge is 0.388 e. The number of nitrogens with one attached hydrogen (secondary N) is 1. The first kappa shape index (κ1) is 14.6. The van der Waals surface area contributed by atoms with E-state index in [0.717, 1.165) is 30.4 Å². The monoisotopic (exact) mass is 272 g/mol. The van der Waals surface area contributed by atoms with E-state index in [2.05, 4.69) is 24.1 Å². The van der Waals surface area contributed by atoms with Gasteiger partial charge in [0, 0.05) is 24.9 Å². The molecule has 0 spiro atoms. The third-order valence-electron chi connectivity index (χ3n) is 4.01. The Bertz CT molecular complexity index is 246. The second kappa shape index (κ2) is 6.60. The lowest BCUT2D eigenvalue weighted by atomic mass is 10.00. The zero-order valence-corrected chi connectivity index (χ0v) is 12.6. The molecule has 2 saturated heterocycles. The molecule has 2 fully saturated rings. The molecule has 0 aliphatic carbocycles. The fourth-order valence-electron chi connectivity index (χ4n) is 2.91. The Labute approximate surface area is 116 Å². The minimum atomic E-state index is -0.431. The number of likely N-dealkylation sites (tertiary alicyclic amines) is 1. The summed E-state index contributed by atoms with van der Waals surface area (Å²) < 4.78 is 0. The van der Waals surface area contributed by atoms with Gasteiger partial charge in [0.2, 0.25) is 0 Å². The van der Waals surface area contributed by atoms with Gasteiger partial charge in [0.15, 0.2) is 0 Å². The summed E-state index contributed by atoms with van der Waals surface area (Å²) in [6, 6.07) is 0.614. The topological polar surface area (TPSA) is 35.5 Å². The van der Waals surface area contributed by atoms with Crippen LogP contribution >= 0.6 is 11.8 Å². The summed E-state index contributed by atoms with van der Waals surface area (Å²) in [6.45, 7) is 9.02. The number of hydrogen-bond donors (Lipinski definition) is 2. The van der Waals surface area contributed by atoms with Crippen LogP contribution in [0.3, 0.4) is 0 Å². The van der Waals surface area contributed by atoms with Crippen LogP contribution in [0.25, 0.3) is 0 Å². The molecule has 0 aromatic heterocycles. The predicted octanol–water partition coefficient (Wildman–Crippen LogP) is 1.56. The number of nitrogens with zero attached hydrogens (tertiary/aromatic N) is 1. The van der Waals surface area contributed by atoms with Crippen LogP contribution in [-0.4, -0.2) is 59.3 Å². The molecule has 0 amide bonds. The highest BCUT2D eigenvalue weighted by Gasteiger charge is 2.32. The Morgan fingerprint density at radius 2 is 2.11 bits per heavy atom. The molecule has 0 aromatic rings. The van der Waals surface area contributed by atoms with Gasteiger partial charge in [-0.3, -0.25) is 0 Å². The summed E-state index contributed by atoms with van der Waals surface area (Å²) in [6.07, 6.45) is 3.42. The highest BCUT2D eigenvalue weighted by atomic mass is 32.2. The molecule has 0 bridgehead atoms. The molecular weight excluding hydrogens is 244 g/mol. The summed E-state index contributed by atoms with van der Waals surface area (Å²) in [7, 11) is 0. The summed E-state index contributed by atoms with van der Waals surface area (Å²) >= 11 is 1.88. The summed E-state index contributed by atoms with van der Waals surface area (Å²) in [4.78, 5) is 2.57. The highest BCUT2D eigenvalue weighted by molar-refractivity contribution is 7.99. The lowest BCUT2D eigenvalue weighted by Gasteiger charge is -2.34. The fourth-order valence-corrected chi connectivity index (χ4v) is 4.20. The summed E-state index contributed by atoms with van der Waals surface area (Å²) in [5.74, 6) is 2.79. The van der Waals surface area contributed by atoms with Gasteiger partial charge in [-0.1, -0.05) is 13.8 Å². The normalized spacial score (nSPS) is 31.3. The van der Waals surface area contributed by atoms with Crippen molar-refractivity contribution >= 4 is 11.8 Å².